The van der Waals surface area contributed by atoms with Crippen LogP contribution in [0.4, 0.5) is 17.1 Å². The molecule has 3 rings (SSSR count). The van der Waals surface area contributed by atoms with Gasteiger partial charge in [-0.05, 0) is 30.2 Å². The highest BCUT2D eigenvalue weighted by atomic mass is 16.6. The summed E-state index contributed by atoms with van der Waals surface area (Å²) in [6.45, 7) is 0.559. The molecule has 0 radical (unpaired) electrons. The molecule has 26 heavy (non-hydrogen) atoms. The zero-order valence-electron chi connectivity index (χ0n) is 14.1. The van der Waals surface area contributed by atoms with Gasteiger partial charge in [0.15, 0.2) is 0 Å². The van der Waals surface area contributed by atoms with Gasteiger partial charge in [0.2, 0.25) is 0 Å². The largest absolute Gasteiger partial charge is 0.375 e. The summed E-state index contributed by atoms with van der Waals surface area (Å²) < 4.78 is 4.90. The molecule has 2 aromatic rings. The van der Waals surface area contributed by atoms with Crippen molar-refractivity contribution in [2.24, 2.45) is 0 Å². The van der Waals surface area contributed by atoms with Crippen molar-refractivity contribution >= 4 is 28.9 Å². The maximum Gasteiger partial charge on any atom is 0.270 e. The number of fused-ring (bicyclic) bond motifs is 1. The molecule has 0 bridgehead atoms. The van der Waals surface area contributed by atoms with E-state index in [1.165, 1.54) is 31.4 Å². The number of hydrogen-bond donors (Lipinski definition) is 1. The van der Waals surface area contributed by atoms with Crippen LogP contribution in [0.5, 0.6) is 0 Å². The number of non-ortho nitro benzene ring substituents is 1. The Hall–Kier alpha value is -3.26. The summed E-state index contributed by atoms with van der Waals surface area (Å²) in [5.41, 5.74) is 2.30. The minimum atomic E-state index is -0.550. The fourth-order valence-electron chi connectivity index (χ4n) is 2.88. The quantitative estimate of drug-likeness (QED) is 0.655. The lowest BCUT2D eigenvalue weighted by Gasteiger charge is -2.17. The lowest BCUT2D eigenvalue weighted by molar-refractivity contribution is -0.384. The van der Waals surface area contributed by atoms with Gasteiger partial charge in [-0.2, -0.15) is 0 Å². The molecule has 1 N–H and O–H groups in total. The van der Waals surface area contributed by atoms with Crippen molar-refractivity contribution in [2.75, 3.05) is 30.5 Å². The summed E-state index contributed by atoms with van der Waals surface area (Å²) in [4.78, 5) is 36.4. The predicted octanol–water partition coefficient (Wildman–Crippen LogP) is 2.38. The highest BCUT2D eigenvalue weighted by molar-refractivity contribution is 6.05. The molecule has 0 aromatic heterocycles. The summed E-state index contributed by atoms with van der Waals surface area (Å²) in [5, 5.41) is 13.6. The van der Waals surface area contributed by atoms with Crippen LogP contribution in [0, 0.1) is 10.1 Å². The number of nitrogens with one attached hydrogen (secondary N) is 1. The molecule has 0 saturated carbocycles. The molecule has 0 fully saturated rings. The van der Waals surface area contributed by atoms with E-state index in [4.69, 9.17) is 4.74 Å². The Kier molecular flexibility index (Phi) is 4.94. The van der Waals surface area contributed by atoms with Crippen molar-refractivity contribution < 1.29 is 19.2 Å². The molecule has 2 amide bonds. The number of carbonyl (C=O) groups is 2. The fourth-order valence-corrected chi connectivity index (χ4v) is 2.88. The highest BCUT2D eigenvalue weighted by Gasteiger charge is 2.25. The van der Waals surface area contributed by atoms with E-state index in [9.17, 15) is 19.7 Å². The average molecular weight is 355 g/mol. The van der Waals surface area contributed by atoms with Crippen LogP contribution < -0.4 is 10.2 Å². The Bertz CT molecular complexity index is 881. The third-order valence-electron chi connectivity index (χ3n) is 4.13. The number of carbonyl (C=O) groups excluding carboxylic acids is 2. The summed E-state index contributed by atoms with van der Waals surface area (Å²) in [6.07, 6.45) is 0.740. The molecule has 0 saturated heterocycles. The van der Waals surface area contributed by atoms with Crippen molar-refractivity contribution in [3.05, 3.63) is 63.7 Å². The van der Waals surface area contributed by atoms with E-state index in [0.29, 0.717) is 12.2 Å². The number of ether oxygens (including phenoxy) is 1. The summed E-state index contributed by atoms with van der Waals surface area (Å²) in [5.74, 6) is -0.602. The molecular formula is C18H17N3O5. The smallest absolute Gasteiger partial charge is 0.270 e. The van der Waals surface area contributed by atoms with E-state index in [-0.39, 0.29) is 23.8 Å². The molecular weight excluding hydrogens is 338 g/mol. The minimum Gasteiger partial charge on any atom is -0.375 e. The molecule has 8 nitrogen and oxygen atoms in total. The van der Waals surface area contributed by atoms with E-state index in [1.807, 2.05) is 6.07 Å². The van der Waals surface area contributed by atoms with E-state index >= 15 is 0 Å². The number of nitro benzene ring substituents is 1. The first-order valence-corrected chi connectivity index (χ1v) is 7.97. The third kappa shape index (κ3) is 3.55. The van der Waals surface area contributed by atoms with E-state index in [2.05, 4.69) is 5.32 Å². The number of rotatable bonds is 5. The number of benzene rings is 2. The Balaban J connectivity index is 1.80. The Morgan fingerprint density at radius 3 is 2.81 bits per heavy atom. The number of hydrogen-bond acceptors (Lipinski definition) is 5. The van der Waals surface area contributed by atoms with E-state index < -0.39 is 10.8 Å². The maximum absolute atomic E-state index is 12.4. The first-order valence-electron chi connectivity index (χ1n) is 7.97. The molecule has 0 aliphatic carbocycles. The van der Waals surface area contributed by atoms with Crippen LogP contribution in [0.3, 0.4) is 0 Å². The van der Waals surface area contributed by atoms with Gasteiger partial charge < -0.3 is 15.0 Å². The second kappa shape index (κ2) is 7.32. The Labute approximate surface area is 149 Å². The lowest BCUT2D eigenvalue weighted by Crippen LogP contribution is -2.32. The number of methoxy groups -OCH3 is 1. The monoisotopic (exact) mass is 355 g/mol. The van der Waals surface area contributed by atoms with Gasteiger partial charge in [0.05, 0.1) is 4.92 Å². The van der Waals surface area contributed by atoms with Crippen LogP contribution in [0.25, 0.3) is 0 Å². The van der Waals surface area contributed by atoms with Crippen LogP contribution in [-0.4, -0.2) is 37.0 Å². The number of amides is 2. The standard InChI is InChI=1S/C18H17N3O5/c1-26-11-17(22)20-8-7-12-5-6-14(10-16(12)20)19-18(23)13-3-2-4-15(9-13)21(24)25/h2-6,9-10H,7-8,11H2,1H3,(H,19,23). The first kappa shape index (κ1) is 17.6. The number of nitrogens with zero attached hydrogens (tertiary/aromatic N) is 2. The van der Waals surface area contributed by atoms with Crippen molar-refractivity contribution in [3.63, 3.8) is 0 Å². The maximum atomic E-state index is 12.4. The van der Waals surface area contributed by atoms with Crippen molar-refractivity contribution in [1.29, 1.82) is 0 Å². The normalized spacial score (nSPS) is 12.6. The molecule has 1 aliphatic rings. The van der Waals surface area contributed by atoms with Crippen LogP contribution in [0.2, 0.25) is 0 Å². The van der Waals surface area contributed by atoms with Gasteiger partial charge >= 0.3 is 0 Å². The van der Waals surface area contributed by atoms with Gasteiger partial charge in [0.1, 0.15) is 6.61 Å². The molecule has 134 valence electrons. The van der Waals surface area contributed by atoms with Gasteiger partial charge in [0, 0.05) is 42.7 Å². The number of nitro groups is 1. The van der Waals surface area contributed by atoms with E-state index in [1.54, 1.807) is 17.0 Å². The molecule has 0 spiro atoms. The first-order chi connectivity index (χ1) is 12.5. The van der Waals surface area contributed by atoms with Gasteiger partial charge in [-0.3, -0.25) is 19.7 Å². The van der Waals surface area contributed by atoms with E-state index in [0.717, 1.165) is 17.7 Å². The molecule has 0 atom stereocenters. The van der Waals surface area contributed by atoms with Crippen molar-refractivity contribution in [3.8, 4) is 0 Å². The van der Waals surface area contributed by atoms with Crippen LogP contribution in [0.1, 0.15) is 15.9 Å². The zero-order valence-corrected chi connectivity index (χ0v) is 14.1. The minimum absolute atomic E-state index is 0.0102. The topological polar surface area (TPSA) is 102 Å². The third-order valence-corrected chi connectivity index (χ3v) is 4.13. The number of anilines is 2. The molecule has 1 aliphatic heterocycles. The predicted molar refractivity (Wildman–Crippen MR) is 95.4 cm³/mol. The summed E-state index contributed by atoms with van der Waals surface area (Å²) >= 11 is 0. The summed E-state index contributed by atoms with van der Waals surface area (Å²) in [7, 11) is 1.46. The SMILES string of the molecule is COCC(=O)N1CCc2ccc(NC(=O)c3cccc([N+](=O)[O-])c3)cc21. The van der Waals surface area contributed by atoms with Crippen LogP contribution in [0.15, 0.2) is 42.5 Å². The molecule has 1 heterocycles. The van der Waals surface area contributed by atoms with Gasteiger partial charge in [0.25, 0.3) is 17.5 Å². The second-order valence-electron chi connectivity index (χ2n) is 5.83. The highest BCUT2D eigenvalue weighted by Crippen LogP contribution is 2.31. The van der Waals surface area contributed by atoms with Crippen LogP contribution >= 0.6 is 0 Å². The van der Waals surface area contributed by atoms with Gasteiger partial charge in [-0.15, -0.1) is 0 Å². The average Bonchev–Trinajstić information content (AvgIpc) is 3.05. The van der Waals surface area contributed by atoms with Gasteiger partial charge in [-0.25, -0.2) is 0 Å². The Morgan fingerprint density at radius 2 is 2.08 bits per heavy atom. The molecule has 2 aromatic carbocycles. The Morgan fingerprint density at radius 1 is 1.27 bits per heavy atom. The van der Waals surface area contributed by atoms with Gasteiger partial charge in [-0.1, -0.05) is 12.1 Å². The fraction of sp³-hybridized carbons (Fsp3) is 0.222. The molecule has 8 heteroatoms. The molecule has 0 unspecified atom stereocenters. The second-order valence-corrected chi connectivity index (χ2v) is 5.83. The van der Waals surface area contributed by atoms with Crippen molar-refractivity contribution in [1.82, 2.24) is 0 Å². The summed E-state index contributed by atoms with van der Waals surface area (Å²) in [6, 6.07) is 10.8. The lowest BCUT2D eigenvalue weighted by atomic mass is 10.1. The zero-order chi connectivity index (χ0) is 18.7. The van der Waals surface area contributed by atoms with Crippen LogP contribution in [-0.2, 0) is 16.0 Å². The van der Waals surface area contributed by atoms with Crippen molar-refractivity contribution in [2.45, 2.75) is 6.42 Å².